The van der Waals surface area contributed by atoms with Gasteiger partial charge in [-0.2, -0.15) is 0 Å². The van der Waals surface area contributed by atoms with Crippen LogP contribution in [-0.4, -0.2) is 13.1 Å². The first kappa shape index (κ1) is 16.7. The van der Waals surface area contributed by atoms with Crippen LogP contribution in [0.5, 0.6) is 0 Å². The summed E-state index contributed by atoms with van der Waals surface area (Å²) in [6.45, 7) is 0.510. The molecule has 0 spiro atoms. The minimum atomic E-state index is -0.181. The first-order valence-corrected chi connectivity index (χ1v) is 9.13. The normalized spacial score (nSPS) is 12.3. The molecule has 0 saturated heterocycles. The fourth-order valence-corrected chi connectivity index (χ4v) is 4.07. The van der Waals surface area contributed by atoms with Crippen molar-refractivity contribution in [2.24, 2.45) is 0 Å². The molecule has 4 nitrogen and oxygen atoms in total. The summed E-state index contributed by atoms with van der Waals surface area (Å²) in [6, 6.07) is 23.4. The number of nitrogens with zero attached hydrogens (tertiary/aromatic N) is 1. The highest BCUT2D eigenvalue weighted by atomic mass is 32.2. The standard InChI is InChI=1S/C21H18N2O2S/c1-25-14-15-7-6-8-16(13-15)22-21(24)23-17-9-2-4-11-19(17)26-20-12-5-3-10-18(20)23/h2-13H,14H2,1H3,(H,22,24). The van der Waals surface area contributed by atoms with Gasteiger partial charge < -0.3 is 10.1 Å². The second-order valence-electron chi connectivity index (χ2n) is 5.94. The summed E-state index contributed by atoms with van der Waals surface area (Å²) in [6.07, 6.45) is 0. The number of hydrogen-bond donors (Lipinski definition) is 1. The highest BCUT2D eigenvalue weighted by molar-refractivity contribution is 7.99. The molecule has 0 fully saturated rings. The number of fused-ring (bicyclic) bond motifs is 2. The molecule has 26 heavy (non-hydrogen) atoms. The molecule has 3 aromatic rings. The molecule has 4 rings (SSSR count). The number of ether oxygens (including phenoxy) is 1. The van der Waals surface area contributed by atoms with Crippen LogP contribution in [0.1, 0.15) is 5.56 Å². The predicted molar refractivity (Wildman–Crippen MR) is 105 cm³/mol. The third-order valence-electron chi connectivity index (χ3n) is 4.12. The number of urea groups is 1. The maximum absolute atomic E-state index is 13.1. The molecule has 0 aliphatic carbocycles. The van der Waals surface area contributed by atoms with Crippen LogP contribution in [0, 0.1) is 0 Å². The van der Waals surface area contributed by atoms with E-state index in [1.54, 1.807) is 23.8 Å². The molecule has 5 heteroatoms. The van der Waals surface area contributed by atoms with E-state index in [1.807, 2.05) is 72.8 Å². The van der Waals surface area contributed by atoms with Gasteiger partial charge in [0.05, 0.1) is 18.0 Å². The number of amides is 2. The van der Waals surface area contributed by atoms with E-state index in [0.29, 0.717) is 6.61 Å². The summed E-state index contributed by atoms with van der Waals surface area (Å²) in [5.74, 6) is 0. The lowest BCUT2D eigenvalue weighted by atomic mass is 10.2. The van der Waals surface area contributed by atoms with Crippen LogP contribution in [0.4, 0.5) is 21.9 Å². The van der Waals surface area contributed by atoms with Crippen molar-refractivity contribution < 1.29 is 9.53 Å². The third-order valence-corrected chi connectivity index (χ3v) is 5.25. The number of carbonyl (C=O) groups is 1. The van der Waals surface area contributed by atoms with Crippen LogP contribution < -0.4 is 10.2 Å². The minimum Gasteiger partial charge on any atom is -0.380 e. The van der Waals surface area contributed by atoms with Gasteiger partial charge in [0.25, 0.3) is 0 Å². The van der Waals surface area contributed by atoms with Gasteiger partial charge in [-0.25, -0.2) is 4.79 Å². The van der Waals surface area contributed by atoms with Crippen LogP contribution in [-0.2, 0) is 11.3 Å². The molecule has 1 N–H and O–H groups in total. The van der Waals surface area contributed by atoms with Crippen LogP contribution in [0.3, 0.4) is 0 Å². The Kier molecular flexibility index (Phi) is 4.65. The first-order valence-electron chi connectivity index (χ1n) is 8.31. The van der Waals surface area contributed by atoms with E-state index in [4.69, 9.17) is 4.74 Å². The van der Waals surface area contributed by atoms with Crippen molar-refractivity contribution in [2.75, 3.05) is 17.3 Å². The maximum atomic E-state index is 13.1. The average Bonchev–Trinajstić information content (AvgIpc) is 2.66. The van der Waals surface area contributed by atoms with E-state index in [0.717, 1.165) is 32.4 Å². The quantitative estimate of drug-likeness (QED) is 0.653. The maximum Gasteiger partial charge on any atom is 0.331 e. The second-order valence-corrected chi connectivity index (χ2v) is 7.02. The highest BCUT2D eigenvalue weighted by Gasteiger charge is 2.27. The molecule has 2 amide bonds. The number of anilines is 3. The van der Waals surface area contributed by atoms with Gasteiger partial charge in [0.2, 0.25) is 0 Å². The van der Waals surface area contributed by atoms with E-state index >= 15 is 0 Å². The molecule has 1 aliphatic rings. The number of para-hydroxylation sites is 2. The molecule has 0 saturated carbocycles. The lowest BCUT2D eigenvalue weighted by Gasteiger charge is -2.31. The van der Waals surface area contributed by atoms with Crippen LogP contribution in [0.25, 0.3) is 0 Å². The molecule has 0 radical (unpaired) electrons. The Morgan fingerprint density at radius 2 is 1.62 bits per heavy atom. The number of carbonyl (C=O) groups excluding carboxylic acids is 1. The van der Waals surface area contributed by atoms with Gasteiger partial charge in [-0.05, 0) is 42.0 Å². The summed E-state index contributed by atoms with van der Waals surface area (Å²) in [7, 11) is 1.66. The Balaban J connectivity index is 1.69. The third kappa shape index (κ3) is 3.19. The minimum absolute atomic E-state index is 0.181. The zero-order valence-corrected chi connectivity index (χ0v) is 15.1. The van der Waals surface area contributed by atoms with Crippen molar-refractivity contribution in [1.29, 1.82) is 0 Å². The monoisotopic (exact) mass is 362 g/mol. The largest absolute Gasteiger partial charge is 0.380 e. The van der Waals surface area contributed by atoms with E-state index in [1.165, 1.54) is 0 Å². The number of benzene rings is 3. The Labute approximate surface area is 156 Å². The number of methoxy groups -OCH3 is 1. The number of rotatable bonds is 3. The van der Waals surface area contributed by atoms with E-state index in [2.05, 4.69) is 5.32 Å². The van der Waals surface area contributed by atoms with Gasteiger partial charge in [-0.15, -0.1) is 0 Å². The van der Waals surface area contributed by atoms with Crippen molar-refractivity contribution in [1.82, 2.24) is 0 Å². The SMILES string of the molecule is COCc1cccc(NC(=O)N2c3ccccc3Sc3ccccc32)c1. The fourth-order valence-electron chi connectivity index (χ4n) is 3.01. The predicted octanol–water partition coefficient (Wildman–Crippen LogP) is 5.67. The van der Waals surface area contributed by atoms with Crippen molar-refractivity contribution in [3.8, 4) is 0 Å². The van der Waals surface area contributed by atoms with Crippen molar-refractivity contribution in [2.45, 2.75) is 16.4 Å². The molecular formula is C21H18N2O2S. The van der Waals surface area contributed by atoms with Crippen molar-refractivity contribution >= 4 is 34.9 Å². The molecule has 0 unspecified atom stereocenters. The van der Waals surface area contributed by atoms with Gasteiger partial charge >= 0.3 is 6.03 Å². The van der Waals surface area contributed by atoms with E-state index in [-0.39, 0.29) is 6.03 Å². The lowest BCUT2D eigenvalue weighted by molar-refractivity contribution is 0.185. The lowest BCUT2D eigenvalue weighted by Crippen LogP contribution is -2.32. The highest BCUT2D eigenvalue weighted by Crippen LogP contribution is 2.47. The topological polar surface area (TPSA) is 41.6 Å². The molecule has 130 valence electrons. The fraction of sp³-hybridized carbons (Fsp3) is 0.0952. The Morgan fingerprint density at radius 3 is 2.27 bits per heavy atom. The molecule has 0 aromatic heterocycles. The molecule has 0 bridgehead atoms. The van der Waals surface area contributed by atoms with Crippen LogP contribution >= 0.6 is 11.8 Å². The average molecular weight is 362 g/mol. The Bertz CT molecular complexity index is 913. The summed E-state index contributed by atoms with van der Waals surface area (Å²) >= 11 is 1.68. The van der Waals surface area contributed by atoms with Gasteiger partial charge in [-0.3, -0.25) is 4.90 Å². The summed E-state index contributed by atoms with van der Waals surface area (Å²) < 4.78 is 5.17. The number of nitrogens with one attached hydrogen (secondary N) is 1. The molecule has 3 aromatic carbocycles. The summed E-state index contributed by atoms with van der Waals surface area (Å²) in [4.78, 5) is 17.0. The van der Waals surface area contributed by atoms with Crippen LogP contribution in [0.15, 0.2) is 82.6 Å². The van der Waals surface area contributed by atoms with Gasteiger partial charge in [-0.1, -0.05) is 48.2 Å². The molecule has 0 atom stereocenters. The first-order chi connectivity index (χ1) is 12.8. The zero-order chi connectivity index (χ0) is 17.9. The van der Waals surface area contributed by atoms with E-state index in [9.17, 15) is 4.79 Å². The zero-order valence-electron chi connectivity index (χ0n) is 14.3. The number of hydrogen-bond acceptors (Lipinski definition) is 3. The summed E-state index contributed by atoms with van der Waals surface area (Å²) in [5, 5.41) is 3.01. The molecular weight excluding hydrogens is 344 g/mol. The van der Waals surface area contributed by atoms with Crippen LogP contribution in [0.2, 0.25) is 0 Å². The van der Waals surface area contributed by atoms with Crippen molar-refractivity contribution in [3.63, 3.8) is 0 Å². The molecule has 1 heterocycles. The van der Waals surface area contributed by atoms with E-state index < -0.39 is 0 Å². The van der Waals surface area contributed by atoms with Crippen molar-refractivity contribution in [3.05, 3.63) is 78.4 Å². The smallest absolute Gasteiger partial charge is 0.331 e. The van der Waals surface area contributed by atoms with Gasteiger partial charge in [0.15, 0.2) is 0 Å². The van der Waals surface area contributed by atoms with Gasteiger partial charge in [0.1, 0.15) is 0 Å². The Morgan fingerprint density at radius 1 is 0.962 bits per heavy atom. The van der Waals surface area contributed by atoms with Gasteiger partial charge in [0, 0.05) is 22.6 Å². The molecule has 1 aliphatic heterocycles. The Hall–Kier alpha value is -2.76. The second kappa shape index (κ2) is 7.23. The summed E-state index contributed by atoms with van der Waals surface area (Å²) in [5.41, 5.74) is 3.54.